The number of halogens is 2. The Kier molecular flexibility index (Phi) is 5.54. The van der Waals surface area contributed by atoms with E-state index in [2.05, 4.69) is 10.6 Å². The van der Waals surface area contributed by atoms with Gasteiger partial charge in [-0.3, -0.25) is 9.59 Å². The van der Waals surface area contributed by atoms with Crippen molar-refractivity contribution in [1.82, 2.24) is 0 Å². The fraction of sp³-hybridized carbons (Fsp3) is 0.125. The van der Waals surface area contributed by atoms with Crippen LogP contribution < -0.4 is 15.4 Å². The number of carbonyl (C=O) groups is 2. The smallest absolute Gasteiger partial charge is 0.233 e. The zero-order chi connectivity index (χ0) is 16.8. The van der Waals surface area contributed by atoms with E-state index in [1.807, 2.05) is 0 Å². The molecule has 2 N–H and O–H groups in total. The van der Waals surface area contributed by atoms with E-state index in [0.29, 0.717) is 22.1 Å². The van der Waals surface area contributed by atoms with Crippen molar-refractivity contribution in [1.29, 1.82) is 0 Å². The van der Waals surface area contributed by atoms with Gasteiger partial charge in [-0.1, -0.05) is 11.6 Å². The number of hydrogen-bond donors (Lipinski definition) is 2. The highest BCUT2D eigenvalue weighted by molar-refractivity contribution is 6.31. The van der Waals surface area contributed by atoms with Crippen LogP contribution in [0.2, 0.25) is 5.02 Å². The largest absolute Gasteiger partial charge is 0.495 e. The van der Waals surface area contributed by atoms with E-state index in [1.165, 1.54) is 37.4 Å². The van der Waals surface area contributed by atoms with Crippen LogP contribution in [0.25, 0.3) is 0 Å². The Hall–Kier alpha value is -2.60. The molecule has 23 heavy (non-hydrogen) atoms. The molecule has 0 bridgehead atoms. The van der Waals surface area contributed by atoms with Crippen molar-refractivity contribution in [3.05, 3.63) is 53.3 Å². The van der Waals surface area contributed by atoms with Gasteiger partial charge in [0.05, 0.1) is 12.8 Å². The van der Waals surface area contributed by atoms with Crippen LogP contribution in [-0.2, 0) is 9.59 Å². The number of benzene rings is 2. The molecule has 0 aliphatic carbocycles. The molecule has 2 amide bonds. The molecule has 2 aromatic rings. The highest BCUT2D eigenvalue weighted by atomic mass is 35.5. The Bertz CT molecular complexity index is 720. The van der Waals surface area contributed by atoms with E-state index < -0.39 is 24.1 Å². The Balaban J connectivity index is 1.95. The van der Waals surface area contributed by atoms with E-state index in [-0.39, 0.29) is 0 Å². The van der Waals surface area contributed by atoms with Crippen molar-refractivity contribution in [2.45, 2.75) is 6.42 Å². The molecular weight excluding hydrogens is 323 g/mol. The van der Waals surface area contributed by atoms with Crippen molar-refractivity contribution in [3.8, 4) is 5.75 Å². The first-order valence-corrected chi connectivity index (χ1v) is 7.04. The SMILES string of the molecule is COc1ccc(Cl)cc1NC(=O)CC(=O)Nc1ccc(F)cc1. The van der Waals surface area contributed by atoms with Crippen LogP contribution >= 0.6 is 11.6 Å². The molecule has 0 atom stereocenters. The second kappa shape index (κ2) is 7.60. The Morgan fingerprint density at radius 3 is 2.39 bits per heavy atom. The maximum atomic E-state index is 12.8. The third kappa shape index (κ3) is 4.96. The average molecular weight is 337 g/mol. The Labute approximate surface area is 137 Å². The highest BCUT2D eigenvalue weighted by Crippen LogP contribution is 2.27. The lowest BCUT2D eigenvalue weighted by Crippen LogP contribution is -2.21. The molecular formula is C16H14ClFN2O3. The number of hydrogen-bond acceptors (Lipinski definition) is 3. The molecule has 0 saturated heterocycles. The van der Waals surface area contributed by atoms with Crippen LogP contribution in [0.1, 0.15) is 6.42 Å². The minimum atomic E-state index is -0.523. The summed E-state index contributed by atoms with van der Waals surface area (Å²) in [6, 6.07) is 10.00. The lowest BCUT2D eigenvalue weighted by atomic mass is 10.2. The molecule has 5 nitrogen and oxygen atoms in total. The van der Waals surface area contributed by atoms with Gasteiger partial charge >= 0.3 is 0 Å². The number of anilines is 2. The zero-order valence-electron chi connectivity index (χ0n) is 12.2. The molecule has 0 unspecified atom stereocenters. The first-order chi connectivity index (χ1) is 11.0. The third-order valence-corrected chi connectivity index (χ3v) is 3.12. The number of rotatable bonds is 5. The van der Waals surface area contributed by atoms with Crippen LogP contribution in [0.4, 0.5) is 15.8 Å². The summed E-state index contributed by atoms with van der Waals surface area (Å²) in [7, 11) is 1.46. The summed E-state index contributed by atoms with van der Waals surface area (Å²) in [4.78, 5) is 23.7. The molecule has 7 heteroatoms. The molecule has 120 valence electrons. The van der Waals surface area contributed by atoms with Gasteiger partial charge in [-0.2, -0.15) is 0 Å². The normalized spacial score (nSPS) is 10.0. The number of ether oxygens (including phenoxy) is 1. The van der Waals surface area contributed by atoms with Gasteiger partial charge in [0, 0.05) is 10.7 Å². The zero-order valence-corrected chi connectivity index (χ0v) is 13.0. The Morgan fingerprint density at radius 2 is 1.74 bits per heavy atom. The summed E-state index contributed by atoms with van der Waals surface area (Å²) in [6.07, 6.45) is -0.396. The molecule has 0 aliphatic rings. The van der Waals surface area contributed by atoms with Crippen molar-refractivity contribution >= 4 is 34.8 Å². The van der Waals surface area contributed by atoms with Gasteiger partial charge in [0.25, 0.3) is 0 Å². The van der Waals surface area contributed by atoms with Crippen LogP contribution in [0.5, 0.6) is 5.75 Å². The lowest BCUT2D eigenvalue weighted by molar-refractivity contribution is -0.123. The van der Waals surface area contributed by atoms with Crippen molar-refractivity contribution in [2.75, 3.05) is 17.7 Å². The summed E-state index contributed by atoms with van der Waals surface area (Å²) in [5.41, 5.74) is 0.782. The molecule has 2 aromatic carbocycles. The number of carbonyl (C=O) groups excluding carboxylic acids is 2. The lowest BCUT2D eigenvalue weighted by Gasteiger charge is -2.10. The maximum absolute atomic E-state index is 12.8. The van der Waals surface area contributed by atoms with Crippen LogP contribution in [0.15, 0.2) is 42.5 Å². The van der Waals surface area contributed by atoms with Crippen molar-refractivity contribution < 1.29 is 18.7 Å². The summed E-state index contributed by atoms with van der Waals surface area (Å²) in [5.74, 6) is -1.02. The summed E-state index contributed by atoms with van der Waals surface area (Å²) in [5, 5.41) is 5.49. The van der Waals surface area contributed by atoms with Crippen molar-refractivity contribution in [2.24, 2.45) is 0 Å². The predicted molar refractivity (Wildman–Crippen MR) is 86.3 cm³/mol. The number of amides is 2. The first-order valence-electron chi connectivity index (χ1n) is 6.67. The van der Waals surface area contributed by atoms with Gasteiger partial charge in [0.15, 0.2) is 0 Å². The molecule has 0 aliphatic heterocycles. The van der Waals surface area contributed by atoms with Crippen molar-refractivity contribution in [3.63, 3.8) is 0 Å². The quantitative estimate of drug-likeness (QED) is 0.822. The molecule has 0 radical (unpaired) electrons. The predicted octanol–water partition coefficient (Wildman–Crippen LogP) is 3.46. The first kappa shape index (κ1) is 16.8. The maximum Gasteiger partial charge on any atom is 0.233 e. The molecule has 0 spiro atoms. The molecule has 0 saturated carbocycles. The minimum Gasteiger partial charge on any atom is -0.495 e. The summed E-state index contributed by atoms with van der Waals surface area (Å²) in [6.45, 7) is 0. The van der Waals surface area contributed by atoms with E-state index in [1.54, 1.807) is 12.1 Å². The van der Waals surface area contributed by atoms with E-state index in [9.17, 15) is 14.0 Å². The standard InChI is InChI=1S/C16H14ClFN2O3/c1-23-14-7-2-10(17)8-13(14)20-16(22)9-15(21)19-12-5-3-11(18)4-6-12/h2-8H,9H2,1H3,(H,19,21)(H,20,22). The van der Waals surface area contributed by atoms with Gasteiger partial charge in [0.1, 0.15) is 18.0 Å². The fourth-order valence-electron chi connectivity index (χ4n) is 1.86. The monoisotopic (exact) mass is 336 g/mol. The topological polar surface area (TPSA) is 67.4 Å². The fourth-order valence-corrected chi connectivity index (χ4v) is 2.03. The van der Waals surface area contributed by atoms with Gasteiger partial charge in [-0.15, -0.1) is 0 Å². The second-order valence-electron chi connectivity index (χ2n) is 4.62. The van der Waals surface area contributed by atoms with Gasteiger partial charge in [0.2, 0.25) is 11.8 Å². The minimum absolute atomic E-state index is 0.375. The van der Waals surface area contributed by atoms with Crippen LogP contribution in [0.3, 0.4) is 0 Å². The number of nitrogens with one attached hydrogen (secondary N) is 2. The van der Waals surface area contributed by atoms with Gasteiger partial charge in [-0.25, -0.2) is 4.39 Å². The van der Waals surface area contributed by atoms with Crippen LogP contribution in [-0.4, -0.2) is 18.9 Å². The summed E-state index contributed by atoms with van der Waals surface area (Å²) < 4.78 is 17.9. The highest BCUT2D eigenvalue weighted by Gasteiger charge is 2.13. The summed E-state index contributed by atoms with van der Waals surface area (Å²) >= 11 is 5.87. The molecule has 0 aromatic heterocycles. The van der Waals surface area contributed by atoms with E-state index in [4.69, 9.17) is 16.3 Å². The second-order valence-corrected chi connectivity index (χ2v) is 5.06. The molecule has 2 rings (SSSR count). The third-order valence-electron chi connectivity index (χ3n) is 2.88. The average Bonchev–Trinajstić information content (AvgIpc) is 2.49. The van der Waals surface area contributed by atoms with E-state index in [0.717, 1.165) is 0 Å². The molecule has 0 heterocycles. The van der Waals surface area contributed by atoms with Gasteiger partial charge in [-0.05, 0) is 42.5 Å². The van der Waals surface area contributed by atoms with Crippen LogP contribution in [0, 0.1) is 5.82 Å². The molecule has 0 fully saturated rings. The Morgan fingerprint density at radius 1 is 1.09 bits per heavy atom. The number of methoxy groups -OCH3 is 1. The van der Waals surface area contributed by atoms with E-state index >= 15 is 0 Å². The van der Waals surface area contributed by atoms with Gasteiger partial charge < -0.3 is 15.4 Å².